The van der Waals surface area contributed by atoms with Crippen molar-refractivity contribution < 1.29 is 37.3 Å². The summed E-state index contributed by atoms with van der Waals surface area (Å²) in [6.07, 6.45) is -2.45. The van der Waals surface area contributed by atoms with Crippen LogP contribution in [0.4, 0.5) is 13.2 Å². The zero-order valence-electron chi connectivity index (χ0n) is 20.3. The average Bonchev–Trinajstić information content (AvgIpc) is 3.56. The number of benzene rings is 1. The first-order valence-electron chi connectivity index (χ1n) is 11.1. The van der Waals surface area contributed by atoms with Crippen molar-refractivity contribution in [3.63, 3.8) is 0 Å². The van der Waals surface area contributed by atoms with Gasteiger partial charge < -0.3 is 19.4 Å². The Hall–Kier alpha value is -1.91. The van der Waals surface area contributed by atoms with Crippen LogP contribution in [0.1, 0.15) is 51.9 Å². The van der Waals surface area contributed by atoms with E-state index in [9.17, 15) is 18.0 Å². The SMILES string of the molecule is Cc1cc(B2OC(C)(C)C(C)(C)O2)cc(C(F)(F)F)n1.O=C(Cl)C1CC1.OB(O)c1ccccc1. The second kappa shape index (κ2) is 11.4. The van der Waals surface area contributed by atoms with Crippen LogP contribution in [-0.2, 0) is 20.3 Å². The van der Waals surface area contributed by atoms with Gasteiger partial charge in [0.1, 0.15) is 5.69 Å². The van der Waals surface area contributed by atoms with Crippen LogP contribution < -0.4 is 10.9 Å². The van der Waals surface area contributed by atoms with Crippen molar-refractivity contribution in [2.24, 2.45) is 5.92 Å². The number of halogens is 4. The Balaban J connectivity index is 0.000000234. The fourth-order valence-corrected chi connectivity index (χ4v) is 3.11. The minimum Gasteiger partial charge on any atom is -0.423 e. The molecule has 4 rings (SSSR count). The minimum atomic E-state index is -4.48. The zero-order chi connectivity index (χ0) is 26.6. The van der Waals surface area contributed by atoms with Gasteiger partial charge >= 0.3 is 20.4 Å². The molecule has 2 aromatic rings. The molecule has 1 aliphatic carbocycles. The molecule has 12 heteroatoms. The number of pyridine rings is 1. The fourth-order valence-electron chi connectivity index (χ4n) is 2.89. The highest BCUT2D eigenvalue weighted by Crippen LogP contribution is 2.37. The Bertz CT molecular complexity index is 986. The highest BCUT2D eigenvalue weighted by atomic mass is 35.5. The number of carbonyl (C=O) groups is 1. The van der Waals surface area contributed by atoms with Crippen molar-refractivity contribution in [2.75, 3.05) is 0 Å². The highest BCUT2D eigenvalue weighted by molar-refractivity contribution is 6.64. The lowest BCUT2D eigenvalue weighted by molar-refractivity contribution is -0.141. The van der Waals surface area contributed by atoms with Crippen LogP contribution >= 0.6 is 11.6 Å². The topological polar surface area (TPSA) is 88.9 Å². The van der Waals surface area contributed by atoms with E-state index in [0.717, 1.165) is 18.9 Å². The van der Waals surface area contributed by atoms with Gasteiger partial charge in [-0.2, -0.15) is 13.2 Å². The third-order valence-corrected chi connectivity index (χ3v) is 6.10. The zero-order valence-corrected chi connectivity index (χ0v) is 21.0. The Morgan fingerprint density at radius 1 is 1.09 bits per heavy atom. The molecular formula is C23H29B2ClF3NO5. The summed E-state index contributed by atoms with van der Waals surface area (Å²) in [6.45, 7) is 8.93. The monoisotopic (exact) mass is 513 g/mol. The maximum Gasteiger partial charge on any atom is 0.494 e. The molecule has 1 saturated carbocycles. The van der Waals surface area contributed by atoms with Gasteiger partial charge in [-0.3, -0.25) is 4.79 Å². The largest absolute Gasteiger partial charge is 0.494 e. The first kappa shape index (κ1) is 29.3. The predicted molar refractivity (Wildman–Crippen MR) is 130 cm³/mol. The molecule has 0 radical (unpaired) electrons. The molecule has 1 aromatic carbocycles. The van der Waals surface area contributed by atoms with Crippen molar-refractivity contribution in [1.29, 1.82) is 0 Å². The Kier molecular flexibility index (Phi) is 9.58. The van der Waals surface area contributed by atoms with E-state index in [1.165, 1.54) is 6.92 Å². The van der Waals surface area contributed by atoms with E-state index in [0.29, 0.717) is 10.9 Å². The van der Waals surface area contributed by atoms with Gasteiger partial charge in [0.15, 0.2) is 0 Å². The lowest BCUT2D eigenvalue weighted by Gasteiger charge is -2.32. The van der Waals surface area contributed by atoms with Gasteiger partial charge in [-0.15, -0.1) is 0 Å². The number of aryl methyl sites for hydroxylation is 1. The van der Waals surface area contributed by atoms with Crippen LogP contribution in [0.25, 0.3) is 0 Å². The number of nitrogens with zero attached hydrogens (tertiary/aromatic N) is 1. The van der Waals surface area contributed by atoms with Gasteiger partial charge in [0, 0.05) is 11.6 Å². The minimum absolute atomic E-state index is 0.157. The van der Waals surface area contributed by atoms with Gasteiger partial charge in [-0.1, -0.05) is 30.3 Å². The fraction of sp³-hybridized carbons (Fsp3) is 0.478. The number of rotatable bonds is 3. The normalized spacial score (nSPS) is 18.1. The van der Waals surface area contributed by atoms with E-state index >= 15 is 0 Å². The third kappa shape index (κ3) is 8.61. The van der Waals surface area contributed by atoms with Crippen LogP contribution in [0.3, 0.4) is 0 Å². The van der Waals surface area contributed by atoms with Gasteiger partial charge in [-0.05, 0) is 82.1 Å². The van der Waals surface area contributed by atoms with E-state index < -0.39 is 37.3 Å². The molecule has 35 heavy (non-hydrogen) atoms. The van der Waals surface area contributed by atoms with E-state index in [2.05, 4.69) is 4.98 Å². The molecule has 0 atom stereocenters. The summed E-state index contributed by atoms with van der Waals surface area (Å²) < 4.78 is 49.9. The first-order valence-corrected chi connectivity index (χ1v) is 11.4. The third-order valence-electron chi connectivity index (χ3n) is 5.79. The maximum absolute atomic E-state index is 12.8. The smallest absolute Gasteiger partial charge is 0.423 e. The number of hydrogen-bond acceptors (Lipinski definition) is 6. The first-order chi connectivity index (χ1) is 16.0. The van der Waals surface area contributed by atoms with Crippen molar-refractivity contribution >= 4 is 42.0 Å². The molecule has 1 aromatic heterocycles. The molecule has 0 amide bonds. The van der Waals surface area contributed by atoms with E-state index in [-0.39, 0.29) is 16.9 Å². The summed E-state index contributed by atoms with van der Waals surface area (Å²) in [6, 6.07) is 11.2. The summed E-state index contributed by atoms with van der Waals surface area (Å²) in [4.78, 5) is 13.5. The van der Waals surface area contributed by atoms with E-state index in [4.69, 9.17) is 31.0 Å². The van der Waals surface area contributed by atoms with Gasteiger partial charge in [-0.25, -0.2) is 4.98 Å². The predicted octanol–water partition coefficient (Wildman–Crippen LogP) is 3.24. The molecule has 2 fully saturated rings. The molecule has 0 unspecified atom stereocenters. The number of aromatic nitrogens is 1. The van der Waals surface area contributed by atoms with E-state index in [1.54, 1.807) is 30.3 Å². The molecule has 0 spiro atoms. The Labute approximate surface area is 209 Å². The molecule has 0 bridgehead atoms. The molecule has 2 aliphatic rings. The molecule has 1 saturated heterocycles. The van der Waals surface area contributed by atoms with Crippen LogP contribution in [0.2, 0.25) is 0 Å². The van der Waals surface area contributed by atoms with Gasteiger partial charge in [0.05, 0.1) is 11.2 Å². The standard InChI is InChI=1S/C13H17BF3NO2.C6H7BO2.C4H5ClO/c1-8-6-9(7-10(18-8)13(15,16)17)14-19-11(2,3)12(4,5)20-14;8-7(9)6-4-2-1-3-5-6;5-4(6)3-1-2-3/h6-7H,1-5H3;1-5,8-9H;3H,1-2H2. The van der Waals surface area contributed by atoms with Crippen LogP contribution in [0.15, 0.2) is 42.5 Å². The summed E-state index contributed by atoms with van der Waals surface area (Å²) in [7, 11) is -2.16. The Morgan fingerprint density at radius 2 is 1.60 bits per heavy atom. The molecule has 6 nitrogen and oxygen atoms in total. The van der Waals surface area contributed by atoms with Gasteiger partial charge in [0.2, 0.25) is 5.24 Å². The van der Waals surface area contributed by atoms with Crippen LogP contribution in [0, 0.1) is 12.8 Å². The number of carbonyl (C=O) groups excluding carboxylic acids is 1. The van der Waals surface area contributed by atoms with Crippen molar-refractivity contribution in [3.8, 4) is 0 Å². The lowest BCUT2D eigenvalue weighted by Crippen LogP contribution is -2.41. The lowest BCUT2D eigenvalue weighted by atomic mass is 9.79. The maximum atomic E-state index is 12.8. The second-order valence-electron chi connectivity index (χ2n) is 9.38. The average molecular weight is 514 g/mol. The Morgan fingerprint density at radius 3 is 1.94 bits per heavy atom. The summed E-state index contributed by atoms with van der Waals surface area (Å²) in [5.74, 6) is 0.228. The summed E-state index contributed by atoms with van der Waals surface area (Å²) >= 11 is 5.04. The van der Waals surface area contributed by atoms with Gasteiger partial charge in [0.25, 0.3) is 0 Å². The van der Waals surface area contributed by atoms with Crippen LogP contribution in [0.5, 0.6) is 0 Å². The highest BCUT2D eigenvalue weighted by Gasteiger charge is 2.52. The van der Waals surface area contributed by atoms with Crippen molar-refractivity contribution in [2.45, 2.75) is 64.8 Å². The van der Waals surface area contributed by atoms with Crippen LogP contribution in [-0.4, -0.2) is 45.7 Å². The summed E-state index contributed by atoms with van der Waals surface area (Å²) in [5.41, 5.74) is -0.965. The molecule has 1 aliphatic heterocycles. The molecular weight excluding hydrogens is 484 g/mol. The quantitative estimate of drug-likeness (QED) is 0.484. The molecule has 2 N–H and O–H groups in total. The number of alkyl halides is 3. The second-order valence-corrected chi connectivity index (χ2v) is 9.75. The number of hydrogen-bond donors (Lipinski definition) is 2. The molecule has 190 valence electrons. The summed E-state index contributed by atoms with van der Waals surface area (Å²) in [5, 5.41) is 17.0. The molecule has 2 heterocycles. The van der Waals surface area contributed by atoms with E-state index in [1.807, 2.05) is 33.8 Å². The van der Waals surface area contributed by atoms with Crippen molar-refractivity contribution in [3.05, 3.63) is 53.9 Å². The van der Waals surface area contributed by atoms with Crippen molar-refractivity contribution in [1.82, 2.24) is 4.98 Å².